The van der Waals surface area contributed by atoms with E-state index in [0.717, 1.165) is 6.54 Å². The molecule has 2 aromatic carbocycles. The van der Waals surface area contributed by atoms with Crippen LogP contribution in [0.15, 0.2) is 60.7 Å². The van der Waals surface area contributed by atoms with E-state index in [9.17, 15) is 0 Å². The van der Waals surface area contributed by atoms with E-state index in [1.54, 1.807) is 0 Å². The molecule has 114 valence electrons. The van der Waals surface area contributed by atoms with Gasteiger partial charge in [-0.3, -0.25) is 9.48 Å². The topological polar surface area (TPSA) is 6.25 Å². The van der Waals surface area contributed by atoms with Crippen LogP contribution in [0.5, 0.6) is 0 Å². The number of benzene rings is 2. The van der Waals surface area contributed by atoms with Crippen molar-refractivity contribution < 1.29 is 4.58 Å². The van der Waals surface area contributed by atoms with Gasteiger partial charge < -0.3 is 0 Å². The van der Waals surface area contributed by atoms with Crippen molar-refractivity contribution in [1.82, 2.24) is 4.90 Å². The molecule has 0 amide bonds. The van der Waals surface area contributed by atoms with Crippen molar-refractivity contribution in [2.24, 2.45) is 5.41 Å². The van der Waals surface area contributed by atoms with E-state index >= 15 is 0 Å². The highest BCUT2D eigenvalue weighted by Crippen LogP contribution is 2.41. The van der Waals surface area contributed by atoms with Gasteiger partial charge in [-0.1, -0.05) is 60.7 Å². The highest BCUT2D eigenvalue weighted by molar-refractivity contribution is 5.89. The van der Waals surface area contributed by atoms with Gasteiger partial charge in [0.2, 0.25) is 0 Å². The second-order valence-corrected chi connectivity index (χ2v) is 6.95. The molecule has 0 aliphatic carbocycles. The quantitative estimate of drug-likeness (QED) is 0.780. The summed E-state index contributed by atoms with van der Waals surface area (Å²) in [5, 5.41) is 0. The maximum atomic E-state index is 2.53. The largest absolute Gasteiger partial charge is 0.270 e. The third-order valence-electron chi connectivity index (χ3n) is 4.41. The molecular weight excluding hydrogens is 268 g/mol. The van der Waals surface area contributed by atoms with Crippen molar-refractivity contribution in [2.75, 3.05) is 20.6 Å². The molecule has 0 saturated carbocycles. The van der Waals surface area contributed by atoms with Crippen molar-refractivity contribution in [3.05, 3.63) is 71.8 Å². The molecule has 2 nitrogen and oxygen atoms in total. The minimum Gasteiger partial charge on any atom is -0.270 e. The monoisotopic (exact) mass is 293 g/mol. The Bertz CT molecular complexity index is 628. The Morgan fingerprint density at radius 3 is 1.68 bits per heavy atom. The van der Waals surface area contributed by atoms with Crippen LogP contribution in [0.25, 0.3) is 0 Å². The molecular formula is C20H25N2+. The van der Waals surface area contributed by atoms with Crippen LogP contribution in [-0.4, -0.2) is 36.0 Å². The van der Waals surface area contributed by atoms with Gasteiger partial charge in [0.15, 0.2) is 0 Å². The molecule has 1 heterocycles. The van der Waals surface area contributed by atoms with E-state index in [2.05, 4.69) is 98.1 Å². The fraction of sp³-hybridized carbons (Fsp3) is 0.350. The lowest BCUT2D eigenvalue weighted by Crippen LogP contribution is -2.62. The average Bonchev–Trinajstić information content (AvgIpc) is 2.48. The summed E-state index contributed by atoms with van der Waals surface area (Å²) < 4.78 is 2.27. The zero-order valence-electron chi connectivity index (χ0n) is 14.0. The predicted octanol–water partition coefficient (Wildman–Crippen LogP) is 3.79. The summed E-state index contributed by atoms with van der Waals surface area (Å²) in [5.74, 6) is 1.41. The lowest BCUT2D eigenvalue weighted by atomic mass is 9.79. The highest BCUT2D eigenvalue weighted by Gasteiger charge is 2.53. The van der Waals surface area contributed by atoms with Crippen LogP contribution in [0.1, 0.15) is 31.0 Å². The van der Waals surface area contributed by atoms with Crippen LogP contribution >= 0.6 is 0 Å². The number of hydrogen-bond donors (Lipinski definition) is 0. The van der Waals surface area contributed by atoms with E-state index in [0.29, 0.717) is 0 Å². The molecule has 0 bridgehead atoms. The molecule has 1 fully saturated rings. The summed E-state index contributed by atoms with van der Waals surface area (Å²) in [6, 6.07) is 21.9. The lowest BCUT2D eigenvalue weighted by Gasteiger charge is -2.46. The number of amidine groups is 1. The molecule has 0 radical (unpaired) electrons. The smallest absolute Gasteiger partial charge is 0.256 e. The maximum Gasteiger partial charge on any atom is 0.256 e. The molecule has 2 aromatic rings. The van der Waals surface area contributed by atoms with E-state index in [1.165, 1.54) is 17.0 Å². The maximum absolute atomic E-state index is 2.53. The SMILES string of the molecule is C[N+](C)=C1N(C(c2ccccc2)c2ccccc2)CC1(C)C. The van der Waals surface area contributed by atoms with Gasteiger partial charge in [0, 0.05) is 11.1 Å². The molecule has 22 heavy (non-hydrogen) atoms. The van der Waals surface area contributed by atoms with Crippen LogP contribution < -0.4 is 0 Å². The lowest BCUT2D eigenvalue weighted by molar-refractivity contribution is -0.480. The molecule has 3 rings (SSSR count). The Morgan fingerprint density at radius 2 is 1.32 bits per heavy atom. The first-order valence-corrected chi connectivity index (χ1v) is 7.92. The summed E-state index contributed by atoms with van der Waals surface area (Å²) in [6.07, 6.45) is 0. The molecule has 0 atom stereocenters. The first kappa shape index (κ1) is 14.8. The van der Waals surface area contributed by atoms with Gasteiger partial charge in [-0.15, -0.1) is 0 Å². The Kier molecular flexibility index (Phi) is 3.78. The molecule has 2 heteroatoms. The van der Waals surface area contributed by atoms with Gasteiger partial charge in [0.05, 0.1) is 14.1 Å². The molecule has 1 aliphatic rings. The number of nitrogens with zero attached hydrogens (tertiary/aromatic N) is 2. The van der Waals surface area contributed by atoms with Crippen LogP contribution in [0, 0.1) is 5.41 Å². The molecule has 0 N–H and O–H groups in total. The zero-order valence-corrected chi connectivity index (χ0v) is 14.0. The summed E-state index contributed by atoms with van der Waals surface area (Å²) in [7, 11) is 4.30. The fourth-order valence-corrected chi connectivity index (χ4v) is 3.77. The van der Waals surface area contributed by atoms with Gasteiger partial charge in [-0.2, -0.15) is 0 Å². The Balaban J connectivity index is 2.07. The number of likely N-dealkylation sites (tertiary alicyclic amines) is 1. The minimum absolute atomic E-state index is 0.241. The van der Waals surface area contributed by atoms with Crippen LogP contribution in [0.2, 0.25) is 0 Å². The van der Waals surface area contributed by atoms with Crippen LogP contribution in [0.4, 0.5) is 0 Å². The van der Waals surface area contributed by atoms with Gasteiger partial charge in [-0.25, -0.2) is 0 Å². The van der Waals surface area contributed by atoms with Gasteiger partial charge >= 0.3 is 0 Å². The Labute approximate surface area is 133 Å². The number of rotatable bonds is 3. The summed E-state index contributed by atoms with van der Waals surface area (Å²) >= 11 is 0. The van der Waals surface area contributed by atoms with Crippen molar-refractivity contribution >= 4 is 5.84 Å². The highest BCUT2D eigenvalue weighted by atomic mass is 15.3. The van der Waals surface area contributed by atoms with E-state index in [-0.39, 0.29) is 11.5 Å². The van der Waals surface area contributed by atoms with Crippen molar-refractivity contribution in [1.29, 1.82) is 0 Å². The number of hydrogen-bond acceptors (Lipinski definition) is 0. The molecule has 1 saturated heterocycles. The summed E-state index contributed by atoms with van der Waals surface area (Å²) in [5.41, 5.74) is 2.94. The van der Waals surface area contributed by atoms with Gasteiger partial charge in [-0.05, 0) is 13.8 Å². The molecule has 0 unspecified atom stereocenters. The second-order valence-electron chi connectivity index (χ2n) is 6.95. The van der Waals surface area contributed by atoms with Gasteiger partial charge in [0.1, 0.15) is 18.0 Å². The van der Waals surface area contributed by atoms with Crippen LogP contribution in [0.3, 0.4) is 0 Å². The normalized spacial score (nSPS) is 16.6. The van der Waals surface area contributed by atoms with Crippen molar-refractivity contribution in [3.8, 4) is 0 Å². The van der Waals surface area contributed by atoms with E-state index < -0.39 is 0 Å². The van der Waals surface area contributed by atoms with E-state index in [1.807, 2.05) is 0 Å². The fourth-order valence-electron chi connectivity index (χ4n) is 3.77. The summed E-state index contributed by atoms with van der Waals surface area (Å²) in [6.45, 7) is 5.73. The van der Waals surface area contributed by atoms with Gasteiger partial charge in [0.25, 0.3) is 5.84 Å². The van der Waals surface area contributed by atoms with Crippen LogP contribution in [-0.2, 0) is 0 Å². The second kappa shape index (κ2) is 5.60. The predicted molar refractivity (Wildman–Crippen MR) is 92.3 cm³/mol. The Morgan fingerprint density at radius 1 is 0.864 bits per heavy atom. The summed E-state index contributed by atoms with van der Waals surface area (Å²) in [4.78, 5) is 2.53. The average molecular weight is 293 g/mol. The van der Waals surface area contributed by atoms with E-state index in [4.69, 9.17) is 0 Å². The minimum atomic E-state index is 0.241. The molecule has 0 aromatic heterocycles. The first-order chi connectivity index (χ1) is 10.5. The van der Waals surface area contributed by atoms with Crippen molar-refractivity contribution in [2.45, 2.75) is 19.9 Å². The zero-order chi connectivity index (χ0) is 15.7. The standard InChI is InChI=1S/C20H25N2/c1-20(2)15-22(19(20)21(3)4)18(16-11-7-5-8-12-16)17-13-9-6-10-14-17/h5-14,18H,15H2,1-4H3/q+1. The first-order valence-electron chi connectivity index (χ1n) is 7.92. The molecule has 0 spiro atoms. The Hall–Kier alpha value is -2.09. The van der Waals surface area contributed by atoms with Crippen molar-refractivity contribution in [3.63, 3.8) is 0 Å². The molecule has 1 aliphatic heterocycles. The third-order valence-corrected chi connectivity index (χ3v) is 4.41. The third kappa shape index (κ3) is 2.54.